The van der Waals surface area contributed by atoms with Gasteiger partial charge in [0.1, 0.15) is 11.6 Å². The third-order valence-electron chi connectivity index (χ3n) is 8.24. The first-order chi connectivity index (χ1) is 17.9. The van der Waals surface area contributed by atoms with Crippen LogP contribution in [0.5, 0.6) is 0 Å². The molecule has 1 aromatic heterocycles. The SMILES string of the molecule is C#CCCC1C(=O)C(C)(C)C(O)CC(=O)NC(C(F)=Cc2ccccn2)CC2OC2(C)CCCC(C)C1O. The quantitative estimate of drug-likeness (QED) is 0.403. The Bertz CT molecular complexity index is 1050. The zero-order valence-electron chi connectivity index (χ0n) is 22.8. The van der Waals surface area contributed by atoms with Crippen molar-refractivity contribution in [3.05, 3.63) is 35.9 Å². The largest absolute Gasteiger partial charge is 0.392 e. The monoisotopic (exact) mass is 528 g/mol. The molecule has 3 rings (SSSR count). The van der Waals surface area contributed by atoms with Crippen molar-refractivity contribution >= 4 is 17.8 Å². The van der Waals surface area contributed by atoms with E-state index in [0.29, 0.717) is 25.0 Å². The molecule has 0 aliphatic carbocycles. The second-order valence-corrected chi connectivity index (χ2v) is 11.6. The van der Waals surface area contributed by atoms with Crippen LogP contribution in [-0.2, 0) is 14.3 Å². The minimum atomic E-state index is -1.34. The van der Waals surface area contributed by atoms with Crippen LogP contribution in [0.1, 0.15) is 78.3 Å². The number of nitrogens with one attached hydrogen (secondary N) is 1. The summed E-state index contributed by atoms with van der Waals surface area (Å²) in [7, 11) is 0. The van der Waals surface area contributed by atoms with E-state index in [9.17, 15) is 19.8 Å². The van der Waals surface area contributed by atoms with E-state index in [1.165, 1.54) is 6.08 Å². The standard InChI is InChI=1S/C30H41FN2O5/c1-6-7-13-21-27(36)19(2)11-10-14-30(5)25(38-30)17-23(22(31)16-20-12-8-9-15-32-20)33-26(35)18-24(34)29(3,4)28(21)37/h1,8-9,12,15-16,19,21,23-25,27,34,36H,7,10-11,13-14,17-18H2,2-5H3,(H,33,35). The molecule has 2 aliphatic heterocycles. The van der Waals surface area contributed by atoms with E-state index in [1.54, 1.807) is 38.2 Å². The normalized spacial score (nSPS) is 35.1. The Morgan fingerprint density at radius 2 is 2.05 bits per heavy atom. The second kappa shape index (κ2) is 12.5. The van der Waals surface area contributed by atoms with Crippen LogP contribution in [0.15, 0.2) is 30.2 Å². The summed E-state index contributed by atoms with van der Waals surface area (Å²) in [5.74, 6) is 0.0939. The molecule has 1 aromatic rings. The lowest BCUT2D eigenvalue weighted by atomic mass is 9.71. The highest BCUT2D eigenvalue weighted by Crippen LogP contribution is 2.44. The van der Waals surface area contributed by atoms with Crippen molar-refractivity contribution < 1.29 is 28.9 Å². The first-order valence-electron chi connectivity index (χ1n) is 13.5. The summed E-state index contributed by atoms with van der Waals surface area (Å²) >= 11 is 0. The Hall–Kier alpha value is -2.60. The first kappa shape index (κ1) is 29.9. The average Bonchev–Trinajstić information content (AvgIpc) is 3.51. The molecule has 8 heteroatoms. The number of aromatic nitrogens is 1. The van der Waals surface area contributed by atoms with Crippen LogP contribution >= 0.6 is 0 Å². The summed E-state index contributed by atoms with van der Waals surface area (Å²) < 4.78 is 21.4. The molecular weight excluding hydrogens is 487 g/mol. The highest BCUT2D eigenvalue weighted by molar-refractivity contribution is 5.88. The number of Topliss-reactive ketones (excluding diaryl/α,β-unsaturated/α-hetero) is 1. The number of carbonyl (C=O) groups excluding carboxylic acids is 2. The molecule has 208 valence electrons. The van der Waals surface area contributed by atoms with E-state index in [1.807, 2.05) is 13.8 Å². The van der Waals surface area contributed by atoms with Gasteiger partial charge in [0.2, 0.25) is 5.91 Å². The number of aliphatic hydroxyl groups is 2. The number of carbonyl (C=O) groups is 2. The zero-order valence-corrected chi connectivity index (χ0v) is 22.8. The van der Waals surface area contributed by atoms with Crippen molar-refractivity contribution in [3.8, 4) is 12.3 Å². The molecule has 0 spiro atoms. The van der Waals surface area contributed by atoms with Gasteiger partial charge in [-0.2, -0.15) is 0 Å². The Labute approximate surface area is 225 Å². The molecule has 7 atom stereocenters. The topological polar surface area (TPSA) is 112 Å². The fourth-order valence-electron chi connectivity index (χ4n) is 5.33. The number of hydrogen-bond donors (Lipinski definition) is 3. The van der Waals surface area contributed by atoms with Crippen molar-refractivity contribution in [2.75, 3.05) is 0 Å². The van der Waals surface area contributed by atoms with Crippen LogP contribution in [0.4, 0.5) is 4.39 Å². The Morgan fingerprint density at radius 1 is 1.32 bits per heavy atom. The summed E-state index contributed by atoms with van der Waals surface area (Å²) in [6, 6.07) is 4.17. The number of pyridine rings is 1. The number of epoxide rings is 1. The maximum absolute atomic E-state index is 15.4. The number of aliphatic hydroxyl groups excluding tert-OH is 2. The van der Waals surface area contributed by atoms with E-state index < -0.39 is 53.3 Å². The molecule has 7 nitrogen and oxygen atoms in total. The predicted octanol–water partition coefficient (Wildman–Crippen LogP) is 3.98. The summed E-state index contributed by atoms with van der Waals surface area (Å²) in [6.07, 6.45) is 8.31. The third-order valence-corrected chi connectivity index (χ3v) is 8.24. The summed E-state index contributed by atoms with van der Waals surface area (Å²) in [5.41, 5.74) is -1.37. The molecule has 2 aliphatic rings. The Balaban J connectivity index is 1.89. The summed E-state index contributed by atoms with van der Waals surface area (Å²) in [6.45, 7) is 7.01. The van der Waals surface area contributed by atoms with Crippen molar-refractivity contribution in [2.24, 2.45) is 17.3 Å². The van der Waals surface area contributed by atoms with Gasteiger partial charge in [-0.05, 0) is 50.3 Å². The fourth-order valence-corrected chi connectivity index (χ4v) is 5.33. The van der Waals surface area contributed by atoms with Gasteiger partial charge in [-0.3, -0.25) is 14.6 Å². The molecule has 0 bridgehead atoms. The third kappa shape index (κ3) is 7.28. The van der Waals surface area contributed by atoms with Gasteiger partial charge in [-0.25, -0.2) is 4.39 Å². The number of hydrogen-bond acceptors (Lipinski definition) is 6. The number of terminal acetylenes is 1. The number of ether oxygens (including phenoxy) is 1. The van der Waals surface area contributed by atoms with Gasteiger partial charge in [0, 0.05) is 25.0 Å². The van der Waals surface area contributed by atoms with Crippen LogP contribution in [0.2, 0.25) is 0 Å². The number of nitrogens with zero attached hydrogens (tertiary/aromatic N) is 1. The van der Waals surface area contributed by atoms with Gasteiger partial charge in [0.25, 0.3) is 0 Å². The number of halogens is 1. The lowest BCUT2D eigenvalue weighted by molar-refractivity contribution is -0.144. The molecule has 2 saturated heterocycles. The van der Waals surface area contributed by atoms with Gasteiger partial charge in [0.05, 0.1) is 47.5 Å². The predicted molar refractivity (Wildman–Crippen MR) is 143 cm³/mol. The summed E-state index contributed by atoms with van der Waals surface area (Å²) in [4.78, 5) is 30.7. The van der Waals surface area contributed by atoms with Gasteiger partial charge in [-0.1, -0.05) is 33.3 Å². The van der Waals surface area contributed by atoms with Crippen molar-refractivity contribution in [3.63, 3.8) is 0 Å². The average molecular weight is 529 g/mol. The smallest absolute Gasteiger partial charge is 0.223 e. The van der Waals surface area contributed by atoms with E-state index in [2.05, 4.69) is 16.2 Å². The van der Waals surface area contributed by atoms with Crippen molar-refractivity contribution in [2.45, 2.75) is 103 Å². The van der Waals surface area contributed by atoms with Gasteiger partial charge >= 0.3 is 0 Å². The zero-order chi connectivity index (χ0) is 28.1. The van der Waals surface area contributed by atoms with E-state index >= 15 is 4.39 Å². The lowest BCUT2D eigenvalue weighted by Gasteiger charge is -2.36. The molecule has 3 heterocycles. The molecule has 7 unspecified atom stereocenters. The van der Waals surface area contributed by atoms with Crippen LogP contribution in [0.3, 0.4) is 0 Å². The molecule has 1 amide bonds. The Morgan fingerprint density at radius 3 is 2.71 bits per heavy atom. The maximum Gasteiger partial charge on any atom is 0.223 e. The molecule has 0 aromatic carbocycles. The second-order valence-electron chi connectivity index (χ2n) is 11.6. The van der Waals surface area contributed by atoms with Gasteiger partial charge in [-0.15, -0.1) is 12.3 Å². The number of ketones is 1. The first-order valence-corrected chi connectivity index (χ1v) is 13.5. The van der Waals surface area contributed by atoms with Crippen LogP contribution in [0, 0.1) is 29.6 Å². The molecule has 0 radical (unpaired) electrons. The van der Waals surface area contributed by atoms with Crippen molar-refractivity contribution in [1.82, 2.24) is 10.3 Å². The van der Waals surface area contributed by atoms with Crippen molar-refractivity contribution in [1.29, 1.82) is 0 Å². The highest BCUT2D eigenvalue weighted by atomic mass is 19.1. The lowest BCUT2D eigenvalue weighted by Crippen LogP contribution is -2.48. The van der Waals surface area contributed by atoms with Crippen LogP contribution < -0.4 is 5.32 Å². The Kier molecular flexibility index (Phi) is 9.85. The molecular formula is C30H41FN2O5. The number of rotatable bonds is 4. The highest BCUT2D eigenvalue weighted by Gasteiger charge is 2.53. The molecule has 0 saturated carbocycles. The summed E-state index contributed by atoms with van der Waals surface area (Å²) in [5, 5.41) is 24.8. The molecule has 2 fully saturated rings. The molecule has 3 N–H and O–H groups in total. The van der Waals surface area contributed by atoms with E-state index in [0.717, 1.165) is 6.42 Å². The minimum Gasteiger partial charge on any atom is -0.392 e. The van der Waals surface area contributed by atoms with Gasteiger partial charge in [0.15, 0.2) is 0 Å². The minimum absolute atomic E-state index is 0.182. The number of amides is 1. The van der Waals surface area contributed by atoms with E-state index in [4.69, 9.17) is 11.2 Å². The molecule has 38 heavy (non-hydrogen) atoms. The van der Waals surface area contributed by atoms with Gasteiger partial charge < -0.3 is 20.3 Å². The number of fused-ring (bicyclic) bond motifs is 1. The van der Waals surface area contributed by atoms with E-state index in [-0.39, 0.29) is 30.6 Å². The van der Waals surface area contributed by atoms with Crippen LogP contribution in [-0.4, -0.2) is 56.8 Å². The maximum atomic E-state index is 15.4. The van der Waals surface area contributed by atoms with Crippen LogP contribution in [0.25, 0.3) is 6.08 Å². The fraction of sp³-hybridized carbons (Fsp3) is 0.633.